The lowest BCUT2D eigenvalue weighted by atomic mass is 10.0. The van der Waals surface area contributed by atoms with Gasteiger partial charge in [0.15, 0.2) is 0 Å². The fourth-order valence-corrected chi connectivity index (χ4v) is 3.21. The van der Waals surface area contributed by atoms with Gasteiger partial charge < -0.3 is 15.5 Å². The number of nitrogens with one attached hydrogen (secondary N) is 3. The van der Waals surface area contributed by atoms with Crippen molar-refractivity contribution < 1.29 is 19.6 Å². The molecule has 8 heteroatoms. The molecule has 0 aliphatic rings. The second kappa shape index (κ2) is 12.5. The van der Waals surface area contributed by atoms with Crippen LogP contribution in [0.2, 0.25) is 0 Å². The first kappa shape index (κ1) is 24.0. The zero-order valence-corrected chi connectivity index (χ0v) is 17.9. The van der Waals surface area contributed by atoms with Crippen LogP contribution >= 0.6 is 0 Å². The maximum absolute atomic E-state index is 12.9. The number of hydrogen-bond donors (Lipinski definition) is 4. The number of hydroxylamine groups is 1. The monoisotopic (exact) mass is 426 g/mol. The standard InChI is InChI=1S/C23H30N4O4/c1-27(2)16-19(14-21(28)26-31)22(29)25-20(13-17-9-5-3-6-10-17)23(30)24-15-18-11-7-4-8-12-18/h3-12,19-20,31H,13-16H2,1-2H3,(H,24,30)(H,25,29)(H,26,28)/t19-,20-/m0/s1. The van der Waals surface area contributed by atoms with Gasteiger partial charge in [0, 0.05) is 25.9 Å². The van der Waals surface area contributed by atoms with Crippen LogP contribution in [-0.2, 0) is 27.3 Å². The molecule has 2 aromatic rings. The summed E-state index contributed by atoms with van der Waals surface area (Å²) in [4.78, 5) is 39.3. The van der Waals surface area contributed by atoms with E-state index in [2.05, 4.69) is 10.6 Å². The zero-order chi connectivity index (χ0) is 22.6. The Morgan fingerprint density at radius 3 is 2.03 bits per heavy atom. The molecule has 2 rings (SSSR count). The summed E-state index contributed by atoms with van der Waals surface area (Å²) in [7, 11) is 3.57. The van der Waals surface area contributed by atoms with E-state index in [-0.39, 0.29) is 12.3 Å². The predicted octanol–water partition coefficient (Wildman–Crippen LogP) is 1.10. The van der Waals surface area contributed by atoms with Crippen molar-refractivity contribution >= 4 is 17.7 Å². The largest absolute Gasteiger partial charge is 0.350 e. The van der Waals surface area contributed by atoms with Gasteiger partial charge in [0.2, 0.25) is 17.7 Å². The molecule has 0 fully saturated rings. The lowest BCUT2D eigenvalue weighted by molar-refractivity contribution is -0.136. The van der Waals surface area contributed by atoms with Crippen LogP contribution in [0.15, 0.2) is 60.7 Å². The molecule has 0 bridgehead atoms. The number of carbonyl (C=O) groups is 3. The first-order valence-corrected chi connectivity index (χ1v) is 10.1. The van der Waals surface area contributed by atoms with Crippen LogP contribution < -0.4 is 16.1 Å². The van der Waals surface area contributed by atoms with Crippen LogP contribution in [0, 0.1) is 5.92 Å². The Kier molecular flexibility index (Phi) is 9.67. The molecule has 0 saturated heterocycles. The van der Waals surface area contributed by atoms with Crippen molar-refractivity contribution in [1.82, 2.24) is 21.0 Å². The molecular weight excluding hydrogens is 396 g/mol. The fourth-order valence-electron chi connectivity index (χ4n) is 3.21. The van der Waals surface area contributed by atoms with E-state index in [0.717, 1.165) is 11.1 Å². The molecule has 0 spiro atoms. The van der Waals surface area contributed by atoms with Crippen molar-refractivity contribution in [3.8, 4) is 0 Å². The molecule has 0 unspecified atom stereocenters. The van der Waals surface area contributed by atoms with Gasteiger partial charge in [-0.3, -0.25) is 19.6 Å². The minimum absolute atomic E-state index is 0.190. The highest BCUT2D eigenvalue weighted by Gasteiger charge is 2.28. The summed E-state index contributed by atoms with van der Waals surface area (Å²) in [6.45, 7) is 0.637. The summed E-state index contributed by atoms with van der Waals surface area (Å²) in [5.74, 6) is -2.11. The summed E-state index contributed by atoms with van der Waals surface area (Å²) >= 11 is 0. The van der Waals surface area contributed by atoms with E-state index in [1.165, 1.54) is 0 Å². The van der Waals surface area contributed by atoms with Crippen LogP contribution in [0.3, 0.4) is 0 Å². The van der Waals surface area contributed by atoms with Gasteiger partial charge in [0.05, 0.1) is 5.92 Å². The SMILES string of the molecule is CN(C)C[C@H](CC(=O)NO)C(=O)N[C@@H](Cc1ccccc1)C(=O)NCc1ccccc1. The third kappa shape index (κ3) is 8.57. The first-order chi connectivity index (χ1) is 14.9. The number of nitrogens with zero attached hydrogens (tertiary/aromatic N) is 1. The van der Waals surface area contributed by atoms with Crippen molar-refractivity contribution in [3.05, 3.63) is 71.8 Å². The molecule has 0 saturated carbocycles. The summed E-state index contributed by atoms with van der Waals surface area (Å²) in [6.07, 6.45) is 0.123. The first-order valence-electron chi connectivity index (χ1n) is 10.1. The van der Waals surface area contributed by atoms with Crippen molar-refractivity contribution in [2.24, 2.45) is 5.92 Å². The molecule has 0 aromatic heterocycles. The average molecular weight is 427 g/mol. The number of benzene rings is 2. The van der Waals surface area contributed by atoms with Crippen molar-refractivity contribution in [1.29, 1.82) is 0 Å². The van der Waals surface area contributed by atoms with E-state index in [1.807, 2.05) is 60.7 Å². The smallest absolute Gasteiger partial charge is 0.244 e. The number of rotatable bonds is 11. The Morgan fingerprint density at radius 1 is 0.903 bits per heavy atom. The van der Waals surface area contributed by atoms with Gasteiger partial charge in [0.25, 0.3) is 0 Å². The van der Waals surface area contributed by atoms with Gasteiger partial charge >= 0.3 is 0 Å². The van der Waals surface area contributed by atoms with E-state index in [9.17, 15) is 14.4 Å². The van der Waals surface area contributed by atoms with Crippen LogP contribution in [0.5, 0.6) is 0 Å². The fraction of sp³-hybridized carbons (Fsp3) is 0.348. The third-order valence-corrected chi connectivity index (χ3v) is 4.74. The Labute approximate surface area is 182 Å². The average Bonchev–Trinajstić information content (AvgIpc) is 2.77. The summed E-state index contributed by atoms with van der Waals surface area (Å²) < 4.78 is 0. The quantitative estimate of drug-likeness (QED) is 0.318. The van der Waals surface area contributed by atoms with E-state index >= 15 is 0 Å². The Hall–Kier alpha value is -3.23. The highest BCUT2D eigenvalue weighted by Crippen LogP contribution is 2.09. The highest BCUT2D eigenvalue weighted by atomic mass is 16.5. The Balaban J connectivity index is 2.12. The molecular formula is C23H30N4O4. The minimum Gasteiger partial charge on any atom is -0.350 e. The van der Waals surface area contributed by atoms with Gasteiger partial charge in [0.1, 0.15) is 6.04 Å². The summed E-state index contributed by atoms with van der Waals surface area (Å²) in [6, 6.07) is 18.1. The van der Waals surface area contributed by atoms with Crippen LogP contribution in [0.1, 0.15) is 17.5 Å². The minimum atomic E-state index is -0.805. The highest BCUT2D eigenvalue weighted by molar-refractivity contribution is 5.90. The topological polar surface area (TPSA) is 111 Å². The van der Waals surface area contributed by atoms with Gasteiger partial charge in [-0.25, -0.2) is 5.48 Å². The number of carbonyl (C=O) groups excluding carboxylic acids is 3. The van der Waals surface area contributed by atoms with Gasteiger partial charge in [-0.1, -0.05) is 60.7 Å². The Bertz CT molecular complexity index is 843. The summed E-state index contributed by atoms with van der Waals surface area (Å²) in [5.41, 5.74) is 3.41. The van der Waals surface area contributed by atoms with Crippen LogP contribution in [-0.4, -0.2) is 54.5 Å². The Morgan fingerprint density at radius 2 is 1.48 bits per heavy atom. The van der Waals surface area contributed by atoms with Crippen molar-refractivity contribution in [2.45, 2.75) is 25.4 Å². The molecule has 2 aromatic carbocycles. The molecule has 2 atom stereocenters. The molecule has 3 amide bonds. The molecule has 0 aliphatic carbocycles. The molecule has 166 valence electrons. The summed E-state index contributed by atoms with van der Waals surface area (Å²) in [5, 5.41) is 14.5. The van der Waals surface area contributed by atoms with Crippen LogP contribution in [0.4, 0.5) is 0 Å². The van der Waals surface area contributed by atoms with E-state index in [0.29, 0.717) is 19.5 Å². The van der Waals surface area contributed by atoms with Crippen LogP contribution in [0.25, 0.3) is 0 Å². The van der Waals surface area contributed by atoms with Gasteiger partial charge in [-0.2, -0.15) is 0 Å². The molecule has 0 heterocycles. The molecule has 4 N–H and O–H groups in total. The maximum Gasteiger partial charge on any atom is 0.244 e. The van der Waals surface area contributed by atoms with E-state index < -0.39 is 23.8 Å². The second-order valence-corrected chi connectivity index (χ2v) is 7.65. The van der Waals surface area contributed by atoms with E-state index in [1.54, 1.807) is 24.5 Å². The van der Waals surface area contributed by atoms with E-state index in [4.69, 9.17) is 5.21 Å². The molecule has 0 radical (unpaired) electrons. The molecule has 0 aliphatic heterocycles. The van der Waals surface area contributed by atoms with Gasteiger partial charge in [-0.15, -0.1) is 0 Å². The maximum atomic E-state index is 12.9. The second-order valence-electron chi connectivity index (χ2n) is 7.65. The lowest BCUT2D eigenvalue weighted by Gasteiger charge is -2.24. The van der Waals surface area contributed by atoms with Crippen molar-refractivity contribution in [2.75, 3.05) is 20.6 Å². The molecule has 8 nitrogen and oxygen atoms in total. The predicted molar refractivity (Wildman–Crippen MR) is 117 cm³/mol. The zero-order valence-electron chi connectivity index (χ0n) is 17.9. The molecule has 31 heavy (non-hydrogen) atoms. The lowest BCUT2D eigenvalue weighted by Crippen LogP contribution is -2.51. The number of hydrogen-bond acceptors (Lipinski definition) is 5. The third-order valence-electron chi connectivity index (χ3n) is 4.74. The normalized spacial score (nSPS) is 12.6. The van der Waals surface area contributed by atoms with Crippen molar-refractivity contribution in [3.63, 3.8) is 0 Å². The number of amides is 3. The van der Waals surface area contributed by atoms with Gasteiger partial charge in [-0.05, 0) is 25.2 Å².